The van der Waals surface area contributed by atoms with E-state index >= 15 is 0 Å². The predicted molar refractivity (Wildman–Crippen MR) is 102 cm³/mol. The van der Waals surface area contributed by atoms with E-state index in [4.69, 9.17) is 4.74 Å². The number of carbonyl (C=O) groups is 1. The molecule has 3 aromatic rings. The number of methoxy groups -OCH3 is 1. The van der Waals surface area contributed by atoms with E-state index in [1.165, 1.54) is 0 Å². The van der Waals surface area contributed by atoms with Crippen LogP contribution in [0.3, 0.4) is 0 Å². The molecule has 26 heavy (non-hydrogen) atoms. The molecule has 0 spiro atoms. The third-order valence-electron chi connectivity index (χ3n) is 3.98. The summed E-state index contributed by atoms with van der Waals surface area (Å²) in [6, 6.07) is 7.80. The molecule has 0 aliphatic rings. The molecule has 2 aromatic heterocycles. The van der Waals surface area contributed by atoms with Gasteiger partial charge in [-0.15, -0.1) is 0 Å². The van der Waals surface area contributed by atoms with Gasteiger partial charge in [0.25, 0.3) is 0 Å². The van der Waals surface area contributed by atoms with Crippen molar-refractivity contribution in [1.82, 2.24) is 19.6 Å². The number of aryl methyl sites for hydroxylation is 1. The van der Waals surface area contributed by atoms with Crippen molar-refractivity contribution in [2.45, 2.75) is 26.9 Å². The molecule has 8 heteroatoms. The quantitative estimate of drug-likeness (QED) is 0.668. The molecule has 0 bridgehead atoms. The lowest BCUT2D eigenvalue weighted by molar-refractivity contribution is -0.116. The second-order valence-corrected chi connectivity index (χ2v) is 6.76. The Bertz CT molecular complexity index is 932. The van der Waals surface area contributed by atoms with Crippen LogP contribution < -0.4 is 10.1 Å². The van der Waals surface area contributed by atoms with Gasteiger partial charge in [0.05, 0.1) is 41.4 Å². The first-order valence-electron chi connectivity index (χ1n) is 8.11. The average molecular weight is 418 g/mol. The molecular formula is C18H20BrN5O2. The first-order chi connectivity index (χ1) is 12.5. The minimum atomic E-state index is -0.149. The molecule has 2 heterocycles. The second-order valence-electron chi connectivity index (χ2n) is 5.97. The van der Waals surface area contributed by atoms with Crippen LogP contribution in [0.4, 0.5) is 5.69 Å². The van der Waals surface area contributed by atoms with Gasteiger partial charge >= 0.3 is 0 Å². The van der Waals surface area contributed by atoms with Crippen LogP contribution in [0.1, 0.15) is 17.0 Å². The van der Waals surface area contributed by atoms with Gasteiger partial charge in [0.1, 0.15) is 12.3 Å². The normalized spacial score (nSPS) is 10.8. The summed E-state index contributed by atoms with van der Waals surface area (Å²) in [5.74, 6) is 0.656. The molecule has 0 saturated carbocycles. The van der Waals surface area contributed by atoms with Gasteiger partial charge in [-0.1, -0.05) is 12.1 Å². The molecule has 0 fully saturated rings. The second kappa shape index (κ2) is 7.74. The number of anilines is 1. The Morgan fingerprint density at radius 2 is 2.15 bits per heavy atom. The molecular weight excluding hydrogens is 398 g/mol. The Labute approximate surface area is 160 Å². The molecule has 0 saturated heterocycles. The van der Waals surface area contributed by atoms with E-state index in [-0.39, 0.29) is 12.5 Å². The van der Waals surface area contributed by atoms with Crippen LogP contribution in [-0.4, -0.2) is 32.6 Å². The maximum atomic E-state index is 12.3. The Kier molecular flexibility index (Phi) is 5.41. The van der Waals surface area contributed by atoms with Gasteiger partial charge in [0, 0.05) is 6.20 Å². The topological polar surface area (TPSA) is 74.0 Å². The summed E-state index contributed by atoms with van der Waals surface area (Å²) in [6.45, 7) is 4.56. The number of amides is 1. The van der Waals surface area contributed by atoms with Crippen molar-refractivity contribution < 1.29 is 9.53 Å². The minimum Gasteiger partial charge on any atom is -0.497 e. The number of halogens is 1. The highest BCUT2D eigenvalue weighted by atomic mass is 79.9. The number of nitrogens with zero attached hydrogens (tertiary/aromatic N) is 4. The molecule has 7 nitrogen and oxygen atoms in total. The van der Waals surface area contributed by atoms with Crippen LogP contribution in [0.5, 0.6) is 5.75 Å². The number of benzene rings is 1. The van der Waals surface area contributed by atoms with Crippen LogP contribution >= 0.6 is 15.9 Å². The van der Waals surface area contributed by atoms with Gasteiger partial charge in [-0.05, 0) is 47.5 Å². The van der Waals surface area contributed by atoms with Crippen molar-refractivity contribution in [3.05, 3.63) is 58.1 Å². The Balaban J connectivity index is 1.62. The Morgan fingerprint density at radius 1 is 1.35 bits per heavy atom. The van der Waals surface area contributed by atoms with Crippen molar-refractivity contribution in [3.63, 3.8) is 0 Å². The van der Waals surface area contributed by atoms with Crippen molar-refractivity contribution in [3.8, 4) is 5.75 Å². The summed E-state index contributed by atoms with van der Waals surface area (Å²) >= 11 is 3.46. The molecule has 1 aromatic carbocycles. The van der Waals surface area contributed by atoms with Crippen LogP contribution in [0.2, 0.25) is 0 Å². The number of hydrogen-bond acceptors (Lipinski definition) is 4. The molecule has 0 aliphatic carbocycles. The summed E-state index contributed by atoms with van der Waals surface area (Å²) < 4.78 is 9.60. The van der Waals surface area contributed by atoms with E-state index in [2.05, 4.69) is 31.4 Å². The summed E-state index contributed by atoms with van der Waals surface area (Å²) in [4.78, 5) is 12.3. The summed E-state index contributed by atoms with van der Waals surface area (Å²) in [5.41, 5.74) is 3.50. The lowest BCUT2D eigenvalue weighted by Gasteiger charge is -2.05. The zero-order chi connectivity index (χ0) is 18.7. The zero-order valence-corrected chi connectivity index (χ0v) is 16.4. The van der Waals surface area contributed by atoms with Crippen molar-refractivity contribution in [2.24, 2.45) is 0 Å². The fourth-order valence-corrected chi connectivity index (χ4v) is 2.92. The molecule has 3 rings (SSSR count). The standard InChI is InChI=1S/C18H20BrN5O2/c1-12-18(19)13(2)24(22-12)11-17(25)21-15-8-20-23(10-15)9-14-5-4-6-16(7-14)26-3/h4-8,10H,9,11H2,1-3H3,(H,21,25). The van der Waals surface area contributed by atoms with Gasteiger partial charge in [0.15, 0.2) is 0 Å². The Hall–Kier alpha value is -2.61. The van der Waals surface area contributed by atoms with Crippen molar-refractivity contribution in [2.75, 3.05) is 12.4 Å². The van der Waals surface area contributed by atoms with Gasteiger partial charge in [-0.2, -0.15) is 10.2 Å². The van der Waals surface area contributed by atoms with E-state index in [0.717, 1.165) is 27.2 Å². The van der Waals surface area contributed by atoms with Crippen LogP contribution in [0.15, 0.2) is 41.1 Å². The first-order valence-corrected chi connectivity index (χ1v) is 8.90. The predicted octanol–water partition coefficient (Wildman–Crippen LogP) is 3.15. The van der Waals surface area contributed by atoms with Crippen molar-refractivity contribution in [1.29, 1.82) is 0 Å². The van der Waals surface area contributed by atoms with E-state index in [0.29, 0.717) is 12.2 Å². The van der Waals surface area contributed by atoms with Crippen LogP contribution in [0, 0.1) is 13.8 Å². The highest BCUT2D eigenvalue weighted by Gasteiger charge is 2.12. The zero-order valence-electron chi connectivity index (χ0n) is 14.9. The molecule has 1 N–H and O–H groups in total. The Morgan fingerprint density at radius 3 is 2.85 bits per heavy atom. The van der Waals surface area contributed by atoms with Gasteiger partial charge < -0.3 is 10.1 Å². The van der Waals surface area contributed by atoms with E-state index in [1.807, 2.05) is 38.1 Å². The highest BCUT2D eigenvalue weighted by Crippen LogP contribution is 2.20. The number of hydrogen-bond donors (Lipinski definition) is 1. The lowest BCUT2D eigenvalue weighted by atomic mass is 10.2. The van der Waals surface area contributed by atoms with E-state index in [9.17, 15) is 4.79 Å². The SMILES string of the molecule is COc1cccc(Cn2cc(NC(=O)Cn3nc(C)c(Br)c3C)cn2)c1. The third-order valence-corrected chi connectivity index (χ3v) is 5.13. The lowest BCUT2D eigenvalue weighted by Crippen LogP contribution is -2.20. The summed E-state index contributed by atoms with van der Waals surface area (Å²) in [7, 11) is 1.64. The number of aromatic nitrogens is 4. The molecule has 0 unspecified atom stereocenters. The van der Waals surface area contributed by atoms with Crippen LogP contribution in [-0.2, 0) is 17.9 Å². The molecule has 136 valence electrons. The fourth-order valence-electron chi connectivity index (χ4n) is 2.64. The van der Waals surface area contributed by atoms with E-state index in [1.54, 1.807) is 28.9 Å². The summed E-state index contributed by atoms with van der Waals surface area (Å²) in [6.07, 6.45) is 3.43. The monoisotopic (exact) mass is 417 g/mol. The van der Waals surface area contributed by atoms with Gasteiger partial charge in [-0.25, -0.2) is 0 Å². The van der Waals surface area contributed by atoms with Crippen molar-refractivity contribution >= 4 is 27.5 Å². The number of rotatable bonds is 6. The smallest absolute Gasteiger partial charge is 0.246 e. The average Bonchev–Trinajstić information content (AvgIpc) is 3.15. The van der Waals surface area contributed by atoms with Gasteiger partial charge in [0.2, 0.25) is 5.91 Å². The number of carbonyl (C=O) groups excluding carboxylic acids is 1. The number of ether oxygens (including phenoxy) is 1. The first kappa shape index (κ1) is 18.2. The molecule has 0 aliphatic heterocycles. The largest absolute Gasteiger partial charge is 0.497 e. The maximum Gasteiger partial charge on any atom is 0.246 e. The van der Waals surface area contributed by atoms with Gasteiger partial charge in [-0.3, -0.25) is 14.2 Å². The minimum absolute atomic E-state index is 0.149. The fraction of sp³-hybridized carbons (Fsp3) is 0.278. The molecule has 0 atom stereocenters. The molecule has 0 radical (unpaired) electrons. The van der Waals surface area contributed by atoms with Crippen LogP contribution in [0.25, 0.3) is 0 Å². The van der Waals surface area contributed by atoms with E-state index < -0.39 is 0 Å². The third kappa shape index (κ3) is 4.13. The maximum absolute atomic E-state index is 12.3. The number of nitrogens with one attached hydrogen (secondary N) is 1. The summed E-state index contributed by atoms with van der Waals surface area (Å²) in [5, 5.41) is 11.5. The highest BCUT2D eigenvalue weighted by molar-refractivity contribution is 9.10. The molecule has 1 amide bonds.